The number of anilines is 2. The summed E-state index contributed by atoms with van der Waals surface area (Å²) in [7, 11) is 0. The van der Waals surface area contributed by atoms with Crippen LogP contribution in [0.1, 0.15) is 12.8 Å². The van der Waals surface area contributed by atoms with Crippen LogP contribution in [0.2, 0.25) is 0 Å². The van der Waals surface area contributed by atoms with Crippen molar-refractivity contribution in [2.75, 3.05) is 23.7 Å². The Balaban J connectivity index is 2.04. The Bertz CT molecular complexity index is 343. The fraction of sp³-hybridized carbons (Fsp3) is 0.417. The summed E-state index contributed by atoms with van der Waals surface area (Å²) in [5.41, 5.74) is 7.70. The van der Waals surface area contributed by atoms with E-state index in [1.54, 1.807) is 0 Å². The number of hydrogen-bond acceptors (Lipinski definition) is 3. The third-order valence-corrected chi connectivity index (χ3v) is 2.97. The van der Waals surface area contributed by atoms with Crippen molar-refractivity contribution in [3.8, 4) is 0 Å². The van der Waals surface area contributed by atoms with Gasteiger partial charge in [0.1, 0.15) is 6.29 Å². The van der Waals surface area contributed by atoms with Crippen molar-refractivity contribution in [1.29, 1.82) is 0 Å². The largest absolute Gasteiger partial charge is 0.399 e. The number of benzene rings is 1. The molecule has 0 bridgehead atoms. The zero-order valence-corrected chi connectivity index (χ0v) is 8.73. The van der Waals surface area contributed by atoms with Gasteiger partial charge in [-0.3, -0.25) is 0 Å². The summed E-state index contributed by atoms with van der Waals surface area (Å²) < 4.78 is 0. The maximum absolute atomic E-state index is 10.6. The van der Waals surface area contributed by atoms with Gasteiger partial charge in [0.15, 0.2) is 0 Å². The summed E-state index contributed by atoms with van der Waals surface area (Å²) in [6.07, 6.45) is 2.99. The number of aldehydes is 1. The van der Waals surface area contributed by atoms with Crippen LogP contribution in [-0.4, -0.2) is 19.4 Å². The molecule has 0 spiro atoms. The predicted octanol–water partition coefficient (Wildman–Crippen LogP) is 1.68. The summed E-state index contributed by atoms with van der Waals surface area (Å²) in [5.74, 6) is 0.252. The molecule has 15 heavy (non-hydrogen) atoms. The highest BCUT2D eigenvalue weighted by atomic mass is 16.1. The normalized spacial score (nSPS) is 17.7. The average molecular weight is 204 g/mol. The molecule has 1 aromatic carbocycles. The van der Waals surface area contributed by atoms with Crippen molar-refractivity contribution >= 4 is 17.7 Å². The molecule has 0 aromatic heterocycles. The van der Waals surface area contributed by atoms with Crippen LogP contribution in [0, 0.1) is 5.92 Å². The number of rotatable bonds is 2. The van der Waals surface area contributed by atoms with Crippen LogP contribution < -0.4 is 10.6 Å². The zero-order chi connectivity index (χ0) is 10.7. The molecule has 80 valence electrons. The zero-order valence-electron chi connectivity index (χ0n) is 8.73. The van der Waals surface area contributed by atoms with Gasteiger partial charge in [0.2, 0.25) is 0 Å². The van der Waals surface area contributed by atoms with Gasteiger partial charge in [-0.1, -0.05) is 6.07 Å². The topological polar surface area (TPSA) is 46.3 Å². The number of carbonyl (C=O) groups is 1. The first-order valence-corrected chi connectivity index (χ1v) is 5.35. The monoisotopic (exact) mass is 204 g/mol. The number of carbonyl (C=O) groups excluding carboxylic acids is 1. The Labute approximate surface area is 89.9 Å². The maximum atomic E-state index is 10.6. The highest BCUT2D eigenvalue weighted by molar-refractivity contribution is 5.58. The molecule has 2 rings (SSSR count). The molecule has 3 nitrogen and oxygen atoms in total. The number of nitrogens with zero attached hydrogens (tertiary/aromatic N) is 1. The molecule has 2 N–H and O–H groups in total. The first kappa shape index (κ1) is 10.0. The minimum atomic E-state index is 0.252. The molecule has 1 aromatic rings. The van der Waals surface area contributed by atoms with Gasteiger partial charge in [-0.05, 0) is 31.0 Å². The third-order valence-electron chi connectivity index (χ3n) is 2.97. The van der Waals surface area contributed by atoms with E-state index < -0.39 is 0 Å². The molecule has 0 unspecified atom stereocenters. The SMILES string of the molecule is Nc1cccc(N2CCC(C=O)CC2)c1. The Hall–Kier alpha value is -1.51. The van der Waals surface area contributed by atoms with Gasteiger partial charge < -0.3 is 15.4 Å². The number of piperidine rings is 1. The van der Waals surface area contributed by atoms with E-state index in [2.05, 4.69) is 11.0 Å². The van der Waals surface area contributed by atoms with E-state index in [1.165, 1.54) is 5.69 Å². The fourth-order valence-corrected chi connectivity index (χ4v) is 2.02. The molecular weight excluding hydrogens is 188 g/mol. The summed E-state index contributed by atoms with van der Waals surface area (Å²) in [6, 6.07) is 7.91. The second-order valence-corrected chi connectivity index (χ2v) is 4.06. The van der Waals surface area contributed by atoms with Crippen LogP contribution in [0.15, 0.2) is 24.3 Å². The van der Waals surface area contributed by atoms with Gasteiger partial charge in [0.25, 0.3) is 0 Å². The molecule has 0 radical (unpaired) electrons. The minimum absolute atomic E-state index is 0.252. The lowest BCUT2D eigenvalue weighted by Gasteiger charge is -2.31. The fourth-order valence-electron chi connectivity index (χ4n) is 2.02. The maximum Gasteiger partial charge on any atom is 0.123 e. The number of nitrogen functional groups attached to an aromatic ring is 1. The van der Waals surface area contributed by atoms with Crippen LogP contribution in [0.25, 0.3) is 0 Å². The molecule has 0 saturated carbocycles. The molecule has 1 fully saturated rings. The van der Waals surface area contributed by atoms with Gasteiger partial charge >= 0.3 is 0 Å². The van der Waals surface area contributed by atoms with E-state index in [1.807, 2.05) is 18.2 Å². The predicted molar refractivity (Wildman–Crippen MR) is 61.9 cm³/mol. The van der Waals surface area contributed by atoms with Crippen molar-refractivity contribution < 1.29 is 4.79 Å². The van der Waals surface area contributed by atoms with Crippen LogP contribution in [-0.2, 0) is 4.79 Å². The molecule has 0 aliphatic carbocycles. The first-order valence-electron chi connectivity index (χ1n) is 5.35. The van der Waals surface area contributed by atoms with Crippen LogP contribution in [0.4, 0.5) is 11.4 Å². The van der Waals surface area contributed by atoms with E-state index in [9.17, 15) is 4.79 Å². The van der Waals surface area contributed by atoms with Crippen molar-refractivity contribution in [3.05, 3.63) is 24.3 Å². The highest BCUT2D eigenvalue weighted by Gasteiger charge is 2.18. The Morgan fingerprint density at radius 1 is 1.33 bits per heavy atom. The molecule has 1 saturated heterocycles. The molecule has 1 aliphatic rings. The molecule has 0 atom stereocenters. The van der Waals surface area contributed by atoms with Crippen LogP contribution >= 0.6 is 0 Å². The highest BCUT2D eigenvalue weighted by Crippen LogP contribution is 2.23. The molecule has 1 aliphatic heterocycles. The van der Waals surface area contributed by atoms with Crippen LogP contribution in [0.3, 0.4) is 0 Å². The van der Waals surface area contributed by atoms with Gasteiger partial charge in [-0.25, -0.2) is 0 Å². The molecule has 0 amide bonds. The van der Waals surface area contributed by atoms with Gasteiger partial charge in [0, 0.05) is 30.4 Å². The summed E-state index contributed by atoms with van der Waals surface area (Å²) >= 11 is 0. The summed E-state index contributed by atoms with van der Waals surface area (Å²) in [4.78, 5) is 12.9. The lowest BCUT2D eigenvalue weighted by molar-refractivity contribution is -0.111. The van der Waals surface area contributed by atoms with E-state index >= 15 is 0 Å². The van der Waals surface area contributed by atoms with Crippen molar-refractivity contribution in [2.24, 2.45) is 5.92 Å². The summed E-state index contributed by atoms with van der Waals surface area (Å²) in [5, 5.41) is 0. The molecule has 1 heterocycles. The smallest absolute Gasteiger partial charge is 0.123 e. The van der Waals surface area contributed by atoms with Gasteiger partial charge in [-0.2, -0.15) is 0 Å². The van der Waals surface area contributed by atoms with E-state index in [-0.39, 0.29) is 5.92 Å². The van der Waals surface area contributed by atoms with E-state index in [0.29, 0.717) is 0 Å². The Morgan fingerprint density at radius 3 is 2.67 bits per heavy atom. The standard InChI is InChI=1S/C12H16N2O/c13-11-2-1-3-12(8-11)14-6-4-10(9-15)5-7-14/h1-3,8-10H,4-7,13H2. The third kappa shape index (κ3) is 2.29. The lowest BCUT2D eigenvalue weighted by Crippen LogP contribution is -2.34. The lowest BCUT2D eigenvalue weighted by atomic mass is 9.98. The van der Waals surface area contributed by atoms with Crippen molar-refractivity contribution in [3.63, 3.8) is 0 Å². The first-order chi connectivity index (χ1) is 7.29. The summed E-state index contributed by atoms with van der Waals surface area (Å²) in [6.45, 7) is 1.90. The second-order valence-electron chi connectivity index (χ2n) is 4.06. The van der Waals surface area contributed by atoms with E-state index in [0.717, 1.165) is 37.9 Å². The minimum Gasteiger partial charge on any atom is -0.399 e. The van der Waals surface area contributed by atoms with E-state index in [4.69, 9.17) is 5.73 Å². The second kappa shape index (κ2) is 4.34. The Kier molecular flexibility index (Phi) is 2.90. The number of hydrogen-bond donors (Lipinski definition) is 1. The molecular formula is C12H16N2O. The van der Waals surface area contributed by atoms with Gasteiger partial charge in [-0.15, -0.1) is 0 Å². The quantitative estimate of drug-likeness (QED) is 0.589. The van der Waals surface area contributed by atoms with Crippen molar-refractivity contribution in [2.45, 2.75) is 12.8 Å². The molecule has 3 heteroatoms. The van der Waals surface area contributed by atoms with Gasteiger partial charge in [0.05, 0.1) is 0 Å². The number of nitrogens with two attached hydrogens (primary N) is 1. The van der Waals surface area contributed by atoms with Crippen LogP contribution in [0.5, 0.6) is 0 Å². The van der Waals surface area contributed by atoms with Crippen molar-refractivity contribution in [1.82, 2.24) is 0 Å². The average Bonchev–Trinajstić information content (AvgIpc) is 2.29. The Morgan fingerprint density at radius 2 is 2.07 bits per heavy atom.